The van der Waals surface area contributed by atoms with Gasteiger partial charge in [-0.25, -0.2) is 12.8 Å². The Labute approximate surface area is 149 Å². The number of nitrogens with zero attached hydrogens (tertiary/aromatic N) is 3. The number of hydrogen-bond donors (Lipinski definition) is 0. The van der Waals surface area contributed by atoms with Crippen LogP contribution in [0.1, 0.15) is 35.4 Å². The van der Waals surface area contributed by atoms with Crippen LogP contribution in [0.2, 0.25) is 0 Å². The van der Waals surface area contributed by atoms with E-state index in [1.165, 1.54) is 36.0 Å². The maximum Gasteiger partial charge on any atom is 0.191 e. The van der Waals surface area contributed by atoms with Gasteiger partial charge in [0.2, 0.25) is 0 Å². The van der Waals surface area contributed by atoms with Crippen LogP contribution >= 0.6 is 11.8 Å². The van der Waals surface area contributed by atoms with E-state index >= 15 is 0 Å². The number of Topliss-reactive ketones (excluding diaryl/α,β-unsaturated/α-hetero) is 1. The largest absolute Gasteiger partial charge is 0.309 e. The molecule has 0 N–H and O–H groups in total. The van der Waals surface area contributed by atoms with Gasteiger partial charge in [0.15, 0.2) is 20.8 Å². The monoisotopic (exact) mass is 383 g/mol. The van der Waals surface area contributed by atoms with Crippen LogP contribution < -0.4 is 0 Å². The SMILES string of the molecule is C[C@@H](Sc1nnc([C@H]2CCS(=O)(=O)C2)n1C)C(=O)c1ccc(F)cc1. The van der Waals surface area contributed by atoms with Crippen molar-refractivity contribution in [3.63, 3.8) is 0 Å². The Balaban J connectivity index is 1.73. The van der Waals surface area contributed by atoms with Crippen molar-refractivity contribution in [1.82, 2.24) is 14.8 Å². The first-order valence-corrected chi connectivity index (χ1v) is 10.5. The molecular formula is C16H18FN3O3S2. The molecule has 0 spiro atoms. The van der Waals surface area contributed by atoms with Crippen LogP contribution in [-0.4, -0.2) is 45.7 Å². The molecule has 25 heavy (non-hydrogen) atoms. The second kappa shape index (κ2) is 6.87. The predicted molar refractivity (Wildman–Crippen MR) is 93.1 cm³/mol. The Bertz CT molecular complexity index is 894. The van der Waals surface area contributed by atoms with Gasteiger partial charge in [-0.2, -0.15) is 0 Å². The summed E-state index contributed by atoms with van der Waals surface area (Å²) in [5, 5.41) is 8.37. The zero-order valence-corrected chi connectivity index (χ0v) is 15.5. The third-order valence-electron chi connectivity index (χ3n) is 4.25. The minimum atomic E-state index is -3.00. The summed E-state index contributed by atoms with van der Waals surface area (Å²) < 4.78 is 38.0. The third kappa shape index (κ3) is 3.92. The molecule has 2 atom stereocenters. The first-order valence-electron chi connectivity index (χ1n) is 7.83. The molecule has 0 amide bonds. The third-order valence-corrected chi connectivity index (χ3v) is 7.15. The fourth-order valence-electron chi connectivity index (χ4n) is 2.84. The molecule has 6 nitrogen and oxygen atoms in total. The summed E-state index contributed by atoms with van der Waals surface area (Å²) in [6.45, 7) is 1.75. The normalized spacial score (nSPS) is 20.5. The number of carbonyl (C=O) groups excluding carboxylic acids is 1. The molecule has 0 saturated carbocycles. The number of sulfone groups is 1. The second-order valence-electron chi connectivity index (χ2n) is 6.13. The molecule has 2 aromatic rings. The fourth-order valence-corrected chi connectivity index (χ4v) is 5.48. The average molecular weight is 383 g/mol. The minimum Gasteiger partial charge on any atom is -0.309 e. The smallest absolute Gasteiger partial charge is 0.191 e. The molecule has 1 aliphatic heterocycles. The number of halogens is 1. The highest BCUT2D eigenvalue weighted by Gasteiger charge is 2.33. The first kappa shape index (κ1) is 18.1. The molecule has 0 radical (unpaired) electrons. The Morgan fingerprint density at radius 1 is 1.32 bits per heavy atom. The van der Waals surface area contributed by atoms with Gasteiger partial charge in [-0.15, -0.1) is 10.2 Å². The highest BCUT2D eigenvalue weighted by Crippen LogP contribution is 2.31. The molecule has 0 bridgehead atoms. The number of benzene rings is 1. The van der Waals surface area contributed by atoms with Gasteiger partial charge in [-0.1, -0.05) is 11.8 Å². The van der Waals surface area contributed by atoms with Gasteiger partial charge in [0.1, 0.15) is 11.6 Å². The Morgan fingerprint density at radius 3 is 2.60 bits per heavy atom. The van der Waals surface area contributed by atoms with Gasteiger partial charge in [0.25, 0.3) is 0 Å². The molecule has 3 rings (SSSR count). The van der Waals surface area contributed by atoms with Crippen molar-refractivity contribution in [2.24, 2.45) is 7.05 Å². The lowest BCUT2D eigenvalue weighted by Crippen LogP contribution is -2.15. The van der Waals surface area contributed by atoms with Crippen LogP contribution in [0.4, 0.5) is 4.39 Å². The van der Waals surface area contributed by atoms with Gasteiger partial charge in [-0.05, 0) is 37.6 Å². The Kier molecular flexibility index (Phi) is 4.97. The summed E-state index contributed by atoms with van der Waals surface area (Å²) in [6.07, 6.45) is 0.545. The number of carbonyl (C=O) groups is 1. The molecule has 0 unspecified atom stereocenters. The Morgan fingerprint density at radius 2 is 2.00 bits per heavy atom. The van der Waals surface area contributed by atoms with Crippen LogP contribution in [0.3, 0.4) is 0 Å². The summed E-state index contributed by atoms with van der Waals surface area (Å²) in [5.74, 6) is 0.226. The number of ketones is 1. The second-order valence-corrected chi connectivity index (χ2v) is 9.67. The van der Waals surface area contributed by atoms with Crippen LogP contribution in [0.5, 0.6) is 0 Å². The van der Waals surface area contributed by atoms with Crippen molar-refractivity contribution in [2.45, 2.75) is 29.7 Å². The average Bonchev–Trinajstić information content (AvgIpc) is 3.10. The summed E-state index contributed by atoms with van der Waals surface area (Å²) in [6, 6.07) is 5.43. The molecule has 0 aliphatic carbocycles. The molecule has 134 valence electrons. The van der Waals surface area contributed by atoms with E-state index in [9.17, 15) is 17.6 Å². The van der Waals surface area contributed by atoms with E-state index in [0.717, 1.165) is 0 Å². The fraction of sp³-hybridized carbons (Fsp3) is 0.438. The molecule has 2 heterocycles. The first-order chi connectivity index (χ1) is 11.8. The van der Waals surface area contributed by atoms with E-state index < -0.39 is 15.1 Å². The van der Waals surface area contributed by atoms with Gasteiger partial charge < -0.3 is 4.57 Å². The van der Waals surface area contributed by atoms with Crippen molar-refractivity contribution in [3.8, 4) is 0 Å². The summed E-state index contributed by atoms with van der Waals surface area (Å²) in [5.41, 5.74) is 0.436. The van der Waals surface area contributed by atoms with Crippen molar-refractivity contribution in [2.75, 3.05) is 11.5 Å². The summed E-state index contributed by atoms with van der Waals surface area (Å²) >= 11 is 1.25. The molecular weight excluding hydrogens is 365 g/mol. The maximum atomic E-state index is 13.0. The maximum absolute atomic E-state index is 13.0. The van der Waals surface area contributed by atoms with Crippen molar-refractivity contribution >= 4 is 27.4 Å². The summed E-state index contributed by atoms with van der Waals surface area (Å²) in [7, 11) is -1.22. The predicted octanol–water partition coefficient (Wildman–Crippen LogP) is 2.22. The number of hydrogen-bond acceptors (Lipinski definition) is 6. The van der Waals surface area contributed by atoms with Crippen LogP contribution in [0.15, 0.2) is 29.4 Å². The lowest BCUT2D eigenvalue weighted by Gasteiger charge is -2.11. The van der Waals surface area contributed by atoms with E-state index in [4.69, 9.17) is 0 Å². The zero-order chi connectivity index (χ0) is 18.2. The van der Waals surface area contributed by atoms with Gasteiger partial charge in [0, 0.05) is 18.5 Å². The number of rotatable bonds is 5. The molecule has 1 saturated heterocycles. The zero-order valence-electron chi connectivity index (χ0n) is 13.8. The van der Waals surface area contributed by atoms with Crippen molar-refractivity contribution in [3.05, 3.63) is 41.5 Å². The lowest BCUT2D eigenvalue weighted by molar-refractivity contribution is 0.0994. The van der Waals surface area contributed by atoms with Gasteiger partial charge in [0.05, 0.1) is 16.8 Å². The van der Waals surface area contributed by atoms with Crippen molar-refractivity contribution in [1.29, 1.82) is 0 Å². The molecule has 1 aliphatic rings. The van der Waals surface area contributed by atoms with E-state index in [0.29, 0.717) is 23.0 Å². The van der Waals surface area contributed by atoms with E-state index in [2.05, 4.69) is 10.2 Å². The number of aromatic nitrogens is 3. The Hall–Kier alpha value is -1.74. The standard InChI is InChI=1S/C16H18FN3O3S2/c1-10(14(21)11-3-5-13(17)6-4-11)24-16-19-18-15(20(16)2)12-7-8-25(22,23)9-12/h3-6,10,12H,7-9H2,1-2H3/t10-,12+/m1/s1. The van der Waals surface area contributed by atoms with Gasteiger partial charge >= 0.3 is 0 Å². The molecule has 1 aromatic heterocycles. The highest BCUT2D eigenvalue weighted by atomic mass is 32.2. The van der Waals surface area contributed by atoms with Gasteiger partial charge in [-0.3, -0.25) is 4.79 Å². The lowest BCUT2D eigenvalue weighted by atomic mass is 10.1. The molecule has 1 aromatic carbocycles. The topological polar surface area (TPSA) is 81.9 Å². The molecule has 9 heteroatoms. The summed E-state index contributed by atoms with van der Waals surface area (Å²) in [4.78, 5) is 12.4. The highest BCUT2D eigenvalue weighted by molar-refractivity contribution is 8.00. The van der Waals surface area contributed by atoms with E-state index in [1.807, 2.05) is 0 Å². The quantitative estimate of drug-likeness (QED) is 0.582. The van der Waals surface area contributed by atoms with E-state index in [1.54, 1.807) is 18.5 Å². The van der Waals surface area contributed by atoms with Crippen LogP contribution in [0.25, 0.3) is 0 Å². The van der Waals surface area contributed by atoms with Crippen LogP contribution in [0, 0.1) is 5.82 Å². The minimum absolute atomic E-state index is 0.0910. The number of thioether (sulfide) groups is 1. The van der Waals surface area contributed by atoms with Crippen molar-refractivity contribution < 1.29 is 17.6 Å². The van der Waals surface area contributed by atoms with E-state index in [-0.39, 0.29) is 29.0 Å². The molecule has 1 fully saturated rings. The van der Waals surface area contributed by atoms with Crippen LogP contribution in [-0.2, 0) is 16.9 Å².